The predicted molar refractivity (Wildman–Crippen MR) is 58.0 cm³/mol. The Bertz CT molecular complexity index is 338. The van der Waals surface area contributed by atoms with Crippen LogP contribution in [0.4, 0.5) is 0 Å². The fourth-order valence-electron chi connectivity index (χ4n) is 1.98. The van der Waals surface area contributed by atoms with Gasteiger partial charge in [0.15, 0.2) is 5.43 Å². The molecule has 1 nitrogen and oxygen atoms in total. The first-order valence-corrected chi connectivity index (χ1v) is 5.62. The van der Waals surface area contributed by atoms with E-state index in [0.29, 0.717) is 5.43 Å². The third kappa shape index (κ3) is 2.26. The summed E-state index contributed by atoms with van der Waals surface area (Å²) in [6.07, 6.45) is 8.62. The van der Waals surface area contributed by atoms with Crippen molar-refractivity contribution in [2.24, 2.45) is 0 Å². The molecular formula is C13H16O. The minimum Gasteiger partial charge on any atom is -0.289 e. The quantitative estimate of drug-likeness (QED) is 0.571. The molecule has 0 heterocycles. The second-order valence-electron chi connectivity index (χ2n) is 4.05. The summed E-state index contributed by atoms with van der Waals surface area (Å²) in [6, 6.07) is 0. The Morgan fingerprint density at radius 1 is 0.786 bits per heavy atom. The van der Waals surface area contributed by atoms with Crippen LogP contribution in [0.3, 0.4) is 0 Å². The Hall–Kier alpha value is -1.03. The van der Waals surface area contributed by atoms with Crippen molar-refractivity contribution in [3.63, 3.8) is 0 Å². The molecule has 14 heavy (non-hydrogen) atoms. The fraction of sp³-hybridized carbons (Fsp3) is 0.615. The van der Waals surface area contributed by atoms with Gasteiger partial charge in [-0.15, -0.1) is 11.8 Å². The van der Waals surface area contributed by atoms with Crippen LogP contribution in [0, 0.1) is 11.8 Å². The van der Waals surface area contributed by atoms with Crippen molar-refractivity contribution >= 4 is 0 Å². The highest BCUT2D eigenvalue weighted by Gasteiger charge is 2.20. The second kappa shape index (κ2) is 4.46. The topological polar surface area (TPSA) is 17.1 Å². The number of rotatable bonds is 0. The molecule has 74 valence electrons. The molecule has 0 bridgehead atoms. The van der Waals surface area contributed by atoms with Crippen molar-refractivity contribution < 1.29 is 0 Å². The smallest absolute Gasteiger partial charge is 0.185 e. The Morgan fingerprint density at radius 3 is 1.79 bits per heavy atom. The fourth-order valence-corrected chi connectivity index (χ4v) is 1.98. The van der Waals surface area contributed by atoms with Crippen LogP contribution < -0.4 is 5.43 Å². The summed E-state index contributed by atoms with van der Waals surface area (Å²) < 4.78 is 0. The average Bonchev–Trinajstić information content (AvgIpc) is 2.76. The summed E-state index contributed by atoms with van der Waals surface area (Å²) in [6.45, 7) is 0. The molecule has 0 spiro atoms. The second-order valence-corrected chi connectivity index (χ2v) is 4.05. The molecule has 1 heteroatoms. The lowest BCUT2D eigenvalue weighted by atomic mass is 10.1. The molecule has 0 unspecified atom stereocenters. The molecule has 0 radical (unpaired) electrons. The largest absolute Gasteiger partial charge is 0.289 e. The van der Waals surface area contributed by atoms with Crippen LogP contribution in [0.1, 0.15) is 49.7 Å². The summed E-state index contributed by atoms with van der Waals surface area (Å²) in [5, 5.41) is 0. The Balaban J connectivity index is 1.91. The molecular weight excluding hydrogens is 172 g/mol. The first-order chi connectivity index (χ1) is 6.89. The molecule has 0 aliphatic heterocycles. The third-order valence-electron chi connectivity index (χ3n) is 2.93. The normalized spacial score (nSPS) is 18.9. The SMILES string of the molecule is O=c1c2c1CCCCC#CCCCC2. The van der Waals surface area contributed by atoms with Gasteiger partial charge in [-0.05, 0) is 38.5 Å². The van der Waals surface area contributed by atoms with Crippen LogP contribution in [0.2, 0.25) is 0 Å². The summed E-state index contributed by atoms with van der Waals surface area (Å²) in [5.74, 6) is 6.38. The van der Waals surface area contributed by atoms with E-state index in [-0.39, 0.29) is 0 Å². The van der Waals surface area contributed by atoms with Gasteiger partial charge in [0.05, 0.1) is 0 Å². The molecule has 0 saturated heterocycles. The molecule has 0 amide bonds. The minimum atomic E-state index is 0.380. The van der Waals surface area contributed by atoms with Gasteiger partial charge in [0, 0.05) is 24.0 Å². The maximum absolute atomic E-state index is 11.3. The average molecular weight is 188 g/mol. The summed E-state index contributed by atoms with van der Waals surface area (Å²) >= 11 is 0. The Morgan fingerprint density at radius 2 is 1.29 bits per heavy atom. The summed E-state index contributed by atoms with van der Waals surface area (Å²) in [5.41, 5.74) is 2.68. The zero-order valence-electron chi connectivity index (χ0n) is 8.57. The molecule has 0 aromatic heterocycles. The molecule has 2 rings (SSSR count). The maximum Gasteiger partial charge on any atom is 0.185 e. The van der Waals surface area contributed by atoms with Gasteiger partial charge in [-0.1, -0.05) is 0 Å². The lowest BCUT2D eigenvalue weighted by Gasteiger charge is -1.95. The van der Waals surface area contributed by atoms with Crippen LogP contribution in [0.15, 0.2) is 4.79 Å². The molecule has 1 aliphatic rings. The summed E-state index contributed by atoms with van der Waals surface area (Å²) in [7, 11) is 0. The van der Waals surface area contributed by atoms with Gasteiger partial charge in [-0.25, -0.2) is 0 Å². The van der Waals surface area contributed by atoms with E-state index in [2.05, 4.69) is 11.8 Å². The van der Waals surface area contributed by atoms with Crippen LogP contribution in [0.5, 0.6) is 0 Å². The van der Waals surface area contributed by atoms with E-state index in [0.717, 1.165) is 62.5 Å². The predicted octanol–water partition coefficient (Wildman–Crippen LogP) is 2.37. The van der Waals surface area contributed by atoms with E-state index in [4.69, 9.17) is 0 Å². The van der Waals surface area contributed by atoms with Crippen LogP contribution in [-0.4, -0.2) is 0 Å². The van der Waals surface area contributed by atoms with E-state index >= 15 is 0 Å². The van der Waals surface area contributed by atoms with Gasteiger partial charge in [0.2, 0.25) is 0 Å². The van der Waals surface area contributed by atoms with E-state index in [1.165, 1.54) is 0 Å². The van der Waals surface area contributed by atoms with Gasteiger partial charge in [-0.3, -0.25) is 4.79 Å². The van der Waals surface area contributed by atoms with Crippen molar-refractivity contribution in [1.82, 2.24) is 0 Å². The van der Waals surface area contributed by atoms with E-state index in [9.17, 15) is 4.79 Å². The van der Waals surface area contributed by atoms with Crippen molar-refractivity contribution in [2.45, 2.75) is 51.4 Å². The van der Waals surface area contributed by atoms with E-state index in [1.54, 1.807) is 0 Å². The van der Waals surface area contributed by atoms with Gasteiger partial charge in [0.25, 0.3) is 0 Å². The van der Waals surface area contributed by atoms with Crippen LogP contribution in [-0.2, 0) is 12.8 Å². The maximum atomic E-state index is 11.3. The standard InChI is InChI=1S/C13H16O/c14-13-11-9-7-5-3-1-2-4-6-8-10-12(11)13/h3-10H2. The van der Waals surface area contributed by atoms with E-state index < -0.39 is 0 Å². The highest BCUT2D eigenvalue weighted by molar-refractivity contribution is 5.39. The first kappa shape index (κ1) is 9.52. The molecule has 1 aromatic rings. The van der Waals surface area contributed by atoms with Crippen LogP contribution in [0.25, 0.3) is 0 Å². The van der Waals surface area contributed by atoms with Crippen molar-refractivity contribution in [3.05, 3.63) is 21.4 Å². The lowest BCUT2D eigenvalue weighted by molar-refractivity contribution is 0.737. The number of hydrogen-bond donors (Lipinski definition) is 0. The molecule has 1 aliphatic carbocycles. The lowest BCUT2D eigenvalue weighted by Crippen LogP contribution is -1.83. The van der Waals surface area contributed by atoms with Gasteiger partial charge in [0.1, 0.15) is 0 Å². The van der Waals surface area contributed by atoms with Crippen LogP contribution >= 0.6 is 0 Å². The van der Waals surface area contributed by atoms with Gasteiger partial charge in [-0.2, -0.15) is 0 Å². The monoisotopic (exact) mass is 188 g/mol. The molecule has 1 aromatic carbocycles. The van der Waals surface area contributed by atoms with Crippen molar-refractivity contribution in [3.8, 4) is 11.8 Å². The Labute approximate surface area is 85.2 Å². The zero-order chi connectivity index (χ0) is 9.80. The third-order valence-corrected chi connectivity index (χ3v) is 2.93. The zero-order valence-corrected chi connectivity index (χ0v) is 8.57. The Kier molecular flexibility index (Phi) is 3.03. The van der Waals surface area contributed by atoms with Crippen molar-refractivity contribution in [2.75, 3.05) is 0 Å². The van der Waals surface area contributed by atoms with Gasteiger partial charge >= 0.3 is 0 Å². The number of fused-ring (bicyclic) bond motifs is 1. The molecule has 0 N–H and O–H groups in total. The minimum absolute atomic E-state index is 0.380. The number of hydrogen-bond acceptors (Lipinski definition) is 1. The van der Waals surface area contributed by atoms with E-state index in [1.807, 2.05) is 0 Å². The molecule has 0 fully saturated rings. The van der Waals surface area contributed by atoms with Crippen molar-refractivity contribution in [1.29, 1.82) is 0 Å². The van der Waals surface area contributed by atoms with Gasteiger partial charge < -0.3 is 0 Å². The molecule has 0 saturated carbocycles. The molecule has 0 atom stereocenters. The highest BCUT2D eigenvalue weighted by atomic mass is 16.1. The first-order valence-electron chi connectivity index (χ1n) is 5.62. The highest BCUT2D eigenvalue weighted by Crippen LogP contribution is 2.16. The summed E-state index contributed by atoms with van der Waals surface area (Å²) in [4.78, 5) is 11.3.